The molecule has 0 aromatic heterocycles. The van der Waals surface area contributed by atoms with Gasteiger partial charge in [0.25, 0.3) is 0 Å². The summed E-state index contributed by atoms with van der Waals surface area (Å²) in [5.74, 6) is 1.01. The van der Waals surface area contributed by atoms with Gasteiger partial charge < -0.3 is 14.6 Å². The lowest BCUT2D eigenvalue weighted by atomic mass is 9.86. The van der Waals surface area contributed by atoms with Crippen LogP contribution in [0.4, 0.5) is 0 Å². The average Bonchev–Trinajstić information content (AvgIpc) is 2.66. The van der Waals surface area contributed by atoms with Gasteiger partial charge in [0, 0.05) is 5.92 Å². The summed E-state index contributed by atoms with van der Waals surface area (Å²) in [5.41, 5.74) is 2.07. The highest BCUT2D eigenvalue weighted by Crippen LogP contribution is 2.21. The molecule has 4 heteroatoms. The summed E-state index contributed by atoms with van der Waals surface area (Å²) in [6.07, 6.45) is 0.219. The third-order valence-electron chi connectivity index (χ3n) is 4.68. The molecule has 26 heavy (non-hydrogen) atoms. The van der Waals surface area contributed by atoms with Crippen molar-refractivity contribution < 1.29 is 19.4 Å². The van der Waals surface area contributed by atoms with Gasteiger partial charge in [-0.05, 0) is 54.2 Å². The van der Waals surface area contributed by atoms with E-state index < -0.39 is 6.10 Å². The Labute approximate surface area is 155 Å². The second-order valence-corrected chi connectivity index (χ2v) is 6.84. The summed E-state index contributed by atoms with van der Waals surface area (Å²) >= 11 is 0. The number of aliphatic hydroxyl groups is 1. The summed E-state index contributed by atoms with van der Waals surface area (Å²) < 4.78 is 10.5. The first-order chi connectivity index (χ1) is 12.4. The topological polar surface area (TPSA) is 55.8 Å². The van der Waals surface area contributed by atoms with Gasteiger partial charge >= 0.3 is 0 Å². The van der Waals surface area contributed by atoms with E-state index in [0.717, 1.165) is 22.6 Å². The van der Waals surface area contributed by atoms with Gasteiger partial charge in [0.15, 0.2) is 5.78 Å². The van der Waals surface area contributed by atoms with Crippen molar-refractivity contribution in [2.45, 2.75) is 32.8 Å². The van der Waals surface area contributed by atoms with Gasteiger partial charge in [-0.25, -0.2) is 0 Å². The Bertz CT molecular complexity index is 726. The second kappa shape index (κ2) is 9.39. The zero-order chi connectivity index (χ0) is 19.1. The van der Waals surface area contributed by atoms with E-state index in [0.29, 0.717) is 12.8 Å². The van der Waals surface area contributed by atoms with Crippen LogP contribution in [0.3, 0.4) is 0 Å². The highest BCUT2D eigenvalue weighted by molar-refractivity contribution is 5.85. The number of aliphatic hydroxyl groups excluding tert-OH is 1. The van der Waals surface area contributed by atoms with Gasteiger partial charge in [0.2, 0.25) is 0 Å². The first-order valence-electron chi connectivity index (χ1n) is 8.92. The Hall–Kier alpha value is -2.33. The van der Waals surface area contributed by atoms with Crippen LogP contribution in [0.5, 0.6) is 11.5 Å². The maximum absolute atomic E-state index is 12.7. The molecule has 2 rings (SSSR count). The highest BCUT2D eigenvalue weighted by Gasteiger charge is 2.27. The molecule has 0 heterocycles. The lowest BCUT2D eigenvalue weighted by Crippen LogP contribution is -2.34. The number of hydrogen-bond acceptors (Lipinski definition) is 4. The maximum Gasteiger partial charge on any atom is 0.164 e. The van der Waals surface area contributed by atoms with Crippen LogP contribution in [0, 0.1) is 11.8 Å². The smallest absolute Gasteiger partial charge is 0.164 e. The summed E-state index contributed by atoms with van der Waals surface area (Å²) in [6.45, 7) is 3.77. The number of ketones is 1. The Morgan fingerprint density at radius 3 is 1.92 bits per heavy atom. The third kappa shape index (κ3) is 5.33. The first-order valence-corrected chi connectivity index (χ1v) is 8.92. The Morgan fingerprint density at radius 2 is 1.42 bits per heavy atom. The summed E-state index contributed by atoms with van der Waals surface area (Å²) in [7, 11) is 3.25. The van der Waals surface area contributed by atoms with E-state index in [4.69, 9.17) is 9.47 Å². The van der Waals surface area contributed by atoms with Crippen LogP contribution in [0.1, 0.15) is 25.0 Å². The minimum absolute atomic E-state index is 0.122. The summed E-state index contributed by atoms with van der Waals surface area (Å²) in [6, 6.07) is 15.4. The van der Waals surface area contributed by atoms with Crippen molar-refractivity contribution in [1.29, 1.82) is 0 Å². The van der Waals surface area contributed by atoms with Gasteiger partial charge in [-0.1, -0.05) is 38.1 Å². The molecular formula is C22H28O4. The lowest BCUT2D eigenvalue weighted by Gasteiger charge is -2.21. The molecule has 0 saturated heterocycles. The van der Waals surface area contributed by atoms with Crippen LogP contribution in [0.2, 0.25) is 0 Å². The number of hydrogen-bond donors (Lipinski definition) is 1. The monoisotopic (exact) mass is 356 g/mol. The van der Waals surface area contributed by atoms with Gasteiger partial charge in [-0.15, -0.1) is 0 Å². The molecule has 2 aromatic carbocycles. The van der Waals surface area contributed by atoms with Crippen molar-refractivity contribution in [1.82, 2.24) is 0 Å². The molecule has 0 spiro atoms. The standard InChI is InChI=1S/C22H28O4/c1-15(11-17-7-5-9-19(13-17)25-3)21(23)22(24)16(2)12-18-8-6-10-20(14-18)26-4/h5-10,13-16,21,23H,11-12H2,1-4H3. The molecule has 2 aromatic rings. The summed E-state index contributed by atoms with van der Waals surface area (Å²) in [5, 5.41) is 10.5. The van der Waals surface area contributed by atoms with Gasteiger partial charge in [0.1, 0.15) is 17.6 Å². The normalized spacial score (nSPS) is 14.3. The molecule has 1 N–H and O–H groups in total. The first kappa shape index (κ1) is 20.0. The van der Waals surface area contributed by atoms with Crippen LogP contribution >= 0.6 is 0 Å². The van der Waals surface area contributed by atoms with Gasteiger partial charge in [0.05, 0.1) is 14.2 Å². The molecular weight excluding hydrogens is 328 g/mol. The molecule has 0 fully saturated rings. The second-order valence-electron chi connectivity index (χ2n) is 6.84. The molecule has 0 aliphatic carbocycles. The number of carbonyl (C=O) groups excluding carboxylic acids is 1. The van der Waals surface area contributed by atoms with E-state index in [-0.39, 0.29) is 17.6 Å². The molecule has 0 aliphatic heterocycles. The number of Topliss-reactive ketones (excluding diaryl/α,β-unsaturated/α-hetero) is 1. The fourth-order valence-electron chi connectivity index (χ4n) is 3.11. The zero-order valence-corrected chi connectivity index (χ0v) is 15.9. The van der Waals surface area contributed by atoms with Crippen molar-refractivity contribution >= 4 is 5.78 Å². The van der Waals surface area contributed by atoms with Crippen molar-refractivity contribution in [2.75, 3.05) is 14.2 Å². The van der Waals surface area contributed by atoms with Gasteiger partial charge in [-0.3, -0.25) is 4.79 Å². The predicted molar refractivity (Wildman–Crippen MR) is 103 cm³/mol. The molecule has 140 valence electrons. The fourth-order valence-corrected chi connectivity index (χ4v) is 3.11. The van der Waals surface area contributed by atoms with E-state index in [1.54, 1.807) is 14.2 Å². The predicted octanol–water partition coefficient (Wildman–Crippen LogP) is 3.69. The quantitative estimate of drug-likeness (QED) is 0.744. The van der Waals surface area contributed by atoms with Crippen molar-refractivity contribution in [2.24, 2.45) is 11.8 Å². The van der Waals surface area contributed by atoms with Crippen LogP contribution in [0.15, 0.2) is 48.5 Å². The molecule has 0 radical (unpaired) electrons. The van der Waals surface area contributed by atoms with Crippen LogP contribution < -0.4 is 9.47 Å². The molecule has 0 aliphatic rings. The fraction of sp³-hybridized carbons (Fsp3) is 0.409. The Kier molecular flexibility index (Phi) is 7.22. The Balaban J connectivity index is 1.97. The minimum atomic E-state index is -0.984. The third-order valence-corrected chi connectivity index (χ3v) is 4.68. The van der Waals surface area contributed by atoms with Crippen LogP contribution in [0.25, 0.3) is 0 Å². The maximum atomic E-state index is 12.7. The molecule has 4 nitrogen and oxygen atoms in total. The average molecular weight is 356 g/mol. The molecule has 0 amide bonds. The lowest BCUT2D eigenvalue weighted by molar-refractivity contribution is -0.133. The van der Waals surface area contributed by atoms with Crippen molar-refractivity contribution in [3.8, 4) is 11.5 Å². The largest absolute Gasteiger partial charge is 0.497 e. The summed E-state index contributed by atoms with van der Waals surface area (Å²) in [4.78, 5) is 12.7. The van der Waals surface area contributed by atoms with Crippen LogP contribution in [-0.2, 0) is 17.6 Å². The van der Waals surface area contributed by atoms with Crippen LogP contribution in [-0.4, -0.2) is 31.2 Å². The van der Waals surface area contributed by atoms with E-state index >= 15 is 0 Å². The van der Waals surface area contributed by atoms with Gasteiger partial charge in [-0.2, -0.15) is 0 Å². The number of benzene rings is 2. The van der Waals surface area contributed by atoms with E-state index in [1.165, 1.54) is 0 Å². The SMILES string of the molecule is COc1cccc(CC(C)C(=O)C(O)C(C)Cc2cccc(OC)c2)c1. The van der Waals surface area contributed by atoms with Crippen molar-refractivity contribution in [3.05, 3.63) is 59.7 Å². The van der Waals surface area contributed by atoms with E-state index in [1.807, 2.05) is 62.4 Å². The Morgan fingerprint density at radius 1 is 0.923 bits per heavy atom. The molecule has 0 saturated carbocycles. The van der Waals surface area contributed by atoms with E-state index in [9.17, 15) is 9.90 Å². The molecule has 3 atom stereocenters. The number of methoxy groups -OCH3 is 2. The zero-order valence-electron chi connectivity index (χ0n) is 15.9. The van der Waals surface area contributed by atoms with E-state index in [2.05, 4.69) is 0 Å². The number of ether oxygens (including phenoxy) is 2. The highest BCUT2D eigenvalue weighted by atomic mass is 16.5. The van der Waals surface area contributed by atoms with Crippen molar-refractivity contribution in [3.63, 3.8) is 0 Å². The molecule has 0 bridgehead atoms. The number of carbonyl (C=O) groups is 1. The number of rotatable bonds is 9. The molecule has 3 unspecified atom stereocenters. The minimum Gasteiger partial charge on any atom is -0.497 e.